The molecule has 90 valence electrons. The summed E-state index contributed by atoms with van der Waals surface area (Å²) >= 11 is 8.62. The largest absolute Gasteiger partial charge is 0.364 e. The first-order valence-corrected chi connectivity index (χ1v) is 7.33. The molecule has 0 spiro atoms. The van der Waals surface area contributed by atoms with Crippen LogP contribution in [0, 0.1) is 0 Å². The first-order valence-electron chi connectivity index (χ1n) is 4.86. The lowest BCUT2D eigenvalue weighted by molar-refractivity contribution is 1.08. The Morgan fingerprint density at radius 3 is 2.82 bits per heavy atom. The Hall–Kier alpha value is -0.660. The fourth-order valence-corrected chi connectivity index (χ4v) is 2.99. The van der Waals surface area contributed by atoms with E-state index in [0.717, 1.165) is 21.3 Å². The van der Waals surface area contributed by atoms with Crippen LogP contribution in [0.3, 0.4) is 0 Å². The molecule has 0 aromatic carbocycles. The fourth-order valence-electron chi connectivity index (χ4n) is 1.23. The molecule has 0 saturated heterocycles. The van der Waals surface area contributed by atoms with Gasteiger partial charge in [0.2, 0.25) is 5.95 Å². The van der Waals surface area contributed by atoms with Crippen LogP contribution in [0.15, 0.2) is 26.6 Å². The Balaban J connectivity index is 2.11. The molecule has 2 rings (SSSR count). The van der Waals surface area contributed by atoms with E-state index in [9.17, 15) is 0 Å². The summed E-state index contributed by atoms with van der Waals surface area (Å²) in [4.78, 5) is 9.67. The minimum atomic E-state index is 0.598. The molecule has 2 heterocycles. The second kappa shape index (κ2) is 5.79. The quantitative estimate of drug-likeness (QED) is 0.852. The van der Waals surface area contributed by atoms with Crippen molar-refractivity contribution in [1.82, 2.24) is 9.97 Å². The summed E-state index contributed by atoms with van der Waals surface area (Å²) in [5.41, 5.74) is 0. The number of halogens is 2. The molecule has 4 nitrogen and oxygen atoms in total. The monoisotopic (exact) mass is 376 g/mol. The number of aromatic nitrogens is 2. The fraction of sp³-hybridized carbons (Fsp3) is 0.200. The van der Waals surface area contributed by atoms with Crippen LogP contribution in [0.5, 0.6) is 0 Å². The lowest BCUT2D eigenvalue weighted by atomic mass is 10.4. The maximum Gasteiger partial charge on any atom is 0.224 e. The zero-order valence-corrected chi connectivity index (χ0v) is 13.0. The highest BCUT2D eigenvalue weighted by Crippen LogP contribution is 2.25. The average Bonchev–Trinajstić information content (AvgIpc) is 2.74. The zero-order chi connectivity index (χ0) is 12.3. The van der Waals surface area contributed by atoms with Crippen molar-refractivity contribution in [1.29, 1.82) is 0 Å². The van der Waals surface area contributed by atoms with Gasteiger partial charge in [0.05, 0.1) is 11.0 Å². The van der Waals surface area contributed by atoms with E-state index >= 15 is 0 Å². The molecule has 0 atom stereocenters. The van der Waals surface area contributed by atoms with E-state index in [0.29, 0.717) is 5.95 Å². The lowest BCUT2D eigenvalue weighted by Crippen LogP contribution is -2.04. The van der Waals surface area contributed by atoms with E-state index in [1.807, 2.05) is 6.07 Å². The molecular formula is C10H10Br2N4S. The molecule has 0 aliphatic heterocycles. The number of nitrogens with one attached hydrogen (secondary N) is 2. The van der Waals surface area contributed by atoms with Gasteiger partial charge in [-0.25, -0.2) is 4.98 Å². The third-order valence-corrected chi connectivity index (χ3v) is 4.58. The summed E-state index contributed by atoms with van der Waals surface area (Å²) in [5, 5.41) is 8.23. The number of nitrogens with zero attached hydrogens (tertiary/aromatic N) is 2. The maximum absolute atomic E-state index is 4.33. The van der Waals surface area contributed by atoms with Gasteiger partial charge in [-0.05, 0) is 43.3 Å². The second-order valence-corrected chi connectivity index (χ2v) is 5.89. The van der Waals surface area contributed by atoms with E-state index in [4.69, 9.17) is 0 Å². The lowest BCUT2D eigenvalue weighted by Gasteiger charge is -2.08. The van der Waals surface area contributed by atoms with Crippen LogP contribution in [0.4, 0.5) is 11.8 Å². The van der Waals surface area contributed by atoms with Gasteiger partial charge in [0.1, 0.15) is 5.82 Å². The van der Waals surface area contributed by atoms with Gasteiger partial charge >= 0.3 is 0 Å². The van der Waals surface area contributed by atoms with Crippen molar-refractivity contribution in [3.63, 3.8) is 0 Å². The molecule has 0 radical (unpaired) electrons. The second-order valence-electron chi connectivity index (χ2n) is 3.19. The van der Waals surface area contributed by atoms with Crippen molar-refractivity contribution in [3.8, 4) is 0 Å². The Bertz CT molecular complexity index is 515. The molecule has 17 heavy (non-hydrogen) atoms. The number of thiophene rings is 1. The van der Waals surface area contributed by atoms with Gasteiger partial charge in [0, 0.05) is 22.6 Å². The van der Waals surface area contributed by atoms with Crippen LogP contribution >= 0.6 is 43.2 Å². The minimum absolute atomic E-state index is 0.598. The van der Waals surface area contributed by atoms with Crippen LogP contribution < -0.4 is 10.6 Å². The molecule has 2 aromatic rings. The van der Waals surface area contributed by atoms with E-state index in [1.165, 1.54) is 4.88 Å². The summed E-state index contributed by atoms with van der Waals surface area (Å²) < 4.78 is 1.97. The van der Waals surface area contributed by atoms with Gasteiger partial charge in [0.15, 0.2) is 0 Å². The van der Waals surface area contributed by atoms with E-state index in [1.54, 1.807) is 24.6 Å². The summed E-state index contributed by atoms with van der Waals surface area (Å²) in [6.45, 7) is 0.733. The molecule has 0 fully saturated rings. The number of hydrogen-bond acceptors (Lipinski definition) is 5. The Kier molecular flexibility index (Phi) is 4.36. The Morgan fingerprint density at radius 1 is 1.35 bits per heavy atom. The molecule has 0 unspecified atom stereocenters. The zero-order valence-electron chi connectivity index (χ0n) is 9.00. The molecule has 2 aromatic heterocycles. The predicted molar refractivity (Wildman–Crippen MR) is 78.6 cm³/mol. The minimum Gasteiger partial charge on any atom is -0.364 e. The van der Waals surface area contributed by atoms with Gasteiger partial charge in [-0.1, -0.05) is 0 Å². The molecule has 0 amide bonds. The summed E-state index contributed by atoms with van der Waals surface area (Å²) in [5.74, 6) is 1.38. The molecule has 0 saturated carbocycles. The number of rotatable bonds is 4. The molecule has 0 aliphatic carbocycles. The van der Waals surface area contributed by atoms with Crippen LogP contribution in [0.1, 0.15) is 4.88 Å². The summed E-state index contributed by atoms with van der Waals surface area (Å²) in [6.07, 6.45) is 1.73. The highest BCUT2D eigenvalue weighted by atomic mass is 79.9. The number of hydrogen-bond donors (Lipinski definition) is 2. The van der Waals surface area contributed by atoms with Crippen molar-refractivity contribution < 1.29 is 0 Å². The van der Waals surface area contributed by atoms with Crippen molar-refractivity contribution in [2.45, 2.75) is 6.54 Å². The smallest absolute Gasteiger partial charge is 0.224 e. The summed E-state index contributed by atoms with van der Waals surface area (Å²) in [6, 6.07) is 2.04. The van der Waals surface area contributed by atoms with Crippen LogP contribution in [-0.4, -0.2) is 17.0 Å². The molecule has 7 heteroatoms. The van der Waals surface area contributed by atoms with E-state index in [-0.39, 0.29) is 0 Å². The normalized spacial score (nSPS) is 10.3. The maximum atomic E-state index is 4.33. The molecule has 2 N–H and O–H groups in total. The van der Waals surface area contributed by atoms with Crippen molar-refractivity contribution in [3.05, 3.63) is 31.5 Å². The standard InChI is InChI=1S/C10H10Br2N4S/c1-13-10-15-4-7(12)9(16-10)14-5-8-6(11)2-3-17-8/h2-4H,5H2,1H3,(H2,13,14,15,16). The van der Waals surface area contributed by atoms with Crippen molar-refractivity contribution in [2.75, 3.05) is 17.7 Å². The van der Waals surface area contributed by atoms with Crippen molar-refractivity contribution >= 4 is 55.0 Å². The van der Waals surface area contributed by atoms with Crippen LogP contribution in [0.25, 0.3) is 0 Å². The highest BCUT2D eigenvalue weighted by Gasteiger charge is 2.06. The third-order valence-electron chi connectivity index (χ3n) is 2.08. The van der Waals surface area contributed by atoms with Gasteiger partial charge in [0.25, 0.3) is 0 Å². The van der Waals surface area contributed by atoms with E-state index in [2.05, 4.69) is 57.8 Å². The first kappa shape index (κ1) is 12.8. The highest BCUT2D eigenvalue weighted by molar-refractivity contribution is 9.11. The average molecular weight is 378 g/mol. The summed E-state index contributed by atoms with van der Waals surface area (Å²) in [7, 11) is 1.79. The van der Waals surface area contributed by atoms with Crippen LogP contribution in [-0.2, 0) is 6.54 Å². The SMILES string of the molecule is CNc1ncc(Br)c(NCc2sccc2Br)n1. The topological polar surface area (TPSA) is 49.8 Å². The van der Waals surface area contributed by atoms with Crippen molar-refractivity contribution in [2.24, 2.45) is 0 Å². The predicted octanol–water partition coefficient (Wildman–Crippen LogP) is 3.72. The molecule has 0 bridgehead atoms. The number of anilines is 2. The third kappa shape index (κ3) is 3.17. The van der Waals surface area contributed by atoms with E-state index < -0.39 is 0 Å². The Labute approximate surface area is 120 Å². The van der Waals surface area contributed by atoms with Gasteiger partial charge in [-0.3, -0.25) is 0 Å². The first-order chi connectivity index (χ1) is 8.20. The van der Waals surface area contributed by atoms with Gasteiger partial charge in [-0.15, -0.1) is 11.3 Å². The molecule has 0 aliphatic rings. The molecular weight excluding hydrogens is 368 g/mol. The van der Waals surface area contributed by atoms with Crippen LogP contribution in [0.2, 0.25) is 0 Å². The Morgan fingerprint density at radius 2 is 2.18 bits per heavy atom. The van der Waals surface area contributed by atoms with Gasteiger partial charge in [-0.2, -0.15) is 4.98 Å². The van der Waals surface area contributed by atoms with Gasteiger partial charge < -0.3 is 10.6 Å².